The fraction of sp³-hybridized carbons (Fsp3) is 0.765. The van der Waals surface area contributed by atoms with Gasteiger partial charge in [0.05, 0.1) is 0 Å². The number of nitrogens with zero attached hydrogens (tertiary/aromatic N) is 3. The fourth-order valence-corrected chi connectivity index (χ4v) is 4.36. The lowest BCUT2D eigenvalue weighted by molar-refractivity contribution is 0.0270. The summed E-state index contributed by atoms with van der Waals surface area (Å²) in [4.78, 5) is 18.8. The lowest BCUT2D eigenvalue weighted by Gasteiger charge is -2.26. The second-order valence-corrected chi connectivity index (χ2v) is 9.36. The molecule has 2 heterocycles. The molecule has 5 nitrogen and oxygen atoms in total. The summed E-state index contributed by atoms with van der Waals surface area (Å²) in [7, 11) is 0. The molecular weight excluding hydrogens is 405 g/mol. The average Bonchev–Trinajstić information content (AvgIpc) is 3.28. The molecule has 2 saturated carbocycles. The Morgan fingerprint density at radius 3 is 2.57 bits per heavy atom. The number of amides is 1. The van der Waals surface area contributed by atoms with Gasteiger partial charge >= 0.3 is 6.09 Å². The number of imidazole rings is 1. The molecule has 2 atom stereocenters. The Labute approximate surface area is 150 Å². The third-order valence-corrected chi connectivity index (χ3v) is 5.59. The largest absolute Gasteiger partial charge is 0.444 e. The van der Waals surface area contributed by atoms with Crippen molar-refractivity contribution in [3.63, 3.8) is 0 Å². The minimum Gasteiger partial charge on any atom is -0.444 e. The van der Waals surface area contributed by atoms with Crippen LogP contribution in [0.4, 0.5) is 4.79 Å². The van der Waals surface area contributed by atoms with Crippen molar-refractivity contribution < 1.29 is 9.53 Å². The Hall–Kier alpha value is -0.790. The summed E-state index contributed by atoms with van der Waals surface area (Å²) in [6, 6.07) is 0. The van der Waals surface area contributed by atoms with Gasteiger partial charge in [-0.05, 0) is 74.0 Å². The minimum atomic E-state index is -0.417. The number of carbonyl (C=O) groups is 1. The predicted octanol–water partition coefficient (Wildman–Crippen LogP) is 3.48. The van der Waals surface area contributed by atoms with E-state index in [-0.39, 0.29) is 6.09 Å². The molecule has 3 fully saturated rings. The lowest BCUT2D eigenvalue weighted by atomic mass is 10.2. The second kappa shape index (κ2) is 5.36. The summed E-state index contributed by atoms with van der Waals surface area (Å²) in [5.74, 6) is 3.78. The van der Waals surface area contributed by atoms with Crippen molar-refractivity contribution in [3.05, 3.63) is 15.7 Å². The normalized spacial score (nSPS) is 29.6. The molecule has 0 aromatic carbocycles. The van der Waals surface area contributed by atoms with Crippen molar-refractivity contribution in [2.75, 3.05) is 13.1 Å². The number of rotatable bonds is 3. The number of halogens is 1. The Kier molecular flexibility index (Phi) is 3.66. The van der Waals surface area contributed by atoms with E-state index in [0.29, 0.717) is 17.8 Å². The van der Waals surface area contributed by atoms with Crippen LogP contribution in [0, 0.1) is 21.5 Å². The topological polar surface area (TPSA) is 47.4 Å². The van der Waals surface area contributed by atoms with Crippen LogP contribution in [-0.4, -0.2) is 39.2 Å². The summed E-state index contributed by atoms with van der Waals surface area (Å²) >= 11 is 2.31. The molecule has 6 heteroatoms. The van der Waals surface area contributed by atoms with E-state index in [9.17, 15) is 4.79 Å². The van der Waals surface area contributed by atoms with E-state index in [4.69, 9.17) is 9.72 Å². The molecule has 0 N–H and O–H groups in total. The summed E-state index contributed by atoms with van der Waals surface area (Å²) in [6.45, 7) is 8.51. The van der Waals surface area contributed by atoms with Crippen molar-refractivity contribution in [2.24, 2.45) is 17.8 Å². The molecule has 126 valence electrons. The van der Waals surface area contributed by atoms with Crippen LogP contribution in [0.25, 0.3) is 0 Å². The summed E-state index contributed by atoms with van der Waals surface area (Å²) in [6.07, 6.45) is 4.74. The third kappa shape index (κ3) is 3.23. The van der Waals surface area contributed by atoms with Crippen LogP contribution in [0.15, 0.2) is 6.20 Å². The second-order valence-electron chi connectivity index (χ2n) is 8.26. The van der Waals surface area contributed by atoms with Crippen LogP contribution in [0.2, 0.25) is 0 Å². The van der Waals surface area contributed by atoms with Crippen LogP contribution < -0.4 is 0 Å². The first-order valence-electron chi connectivity index (χ1n) is 8.52. The highest BCUT2D eigenvalue weighted by molar-refractivity contribution is 14.1. The molecular formula is C17H24IN3O2. The first-order valence-corrected chi connectivity index (χ1v) is 9.60. The van der Waals surface area contributed by atoms with E-state index in [1.807, 2.05) is 25.7 Å². The number of piperidine rings is 1. The highest BCUT2D eigenvalue weighted by Crippen LogP contribution is 2.58. The van der Waals surface area contributed by atoms with Gasteiger partial charge in [-0.3, -0.25) is 0 Å². The van der Waals surface area contributed by atoms with Crippen molar-refractivity contribution in [1.29, 1.82) is 0 Å². The van der Waals surface area contributed by atoms with E-state index >= 15 is 0 Å². The van der Waals surface area contributed by atoms with Gasteiger partial charge in [-0.25, -0.2) is 9.78 Å². The van der Waals surface area contributed by atoms with Gasteiger partial charge in [-0.1, -0.05) is 0 Å². The summed E-state index contributed by atoms with van der Waals surface area (Å²) < 4.78 is 8.95. The molecule has 1 aromatic heterocycles. The maximum absolute atomic E-state index is 12.2. The molecule has 1 aliphatic heterocycles. The molecule has 23 heavy (non-hydrogen) atoms. The maximum atomic E-state index is 12.2. The van der Waals surface area contributed by atoms with E-state index in [0.717, 1.165) is 29.3 Å². The molecule has 1 saturated heterocycles. The fourth-order valence-electron chi connectivity index (χ4n) is 3.77. The van der Waals surface area contributed by atoms with Gasteiger partial charge in [0, 0.05) is 31.7 Å². The minimum absolute atomic E-state index is 0.167. The zero-order valence-corrected chi connectivity index (χ0v) is 16.1. The van der Waals surface area contributed by atoms with Crippen molar-refractivity contribution in [3.8, 4) is 0 Å². The molecule has 0 bridgehead atoms. The Morgan fingerprint density at radius 2 is 2.00 bits per heavy atom. The first kappa shape index (κ1) is 15.7. The smallest absolute Gasteiger partial charge is 0.410 e. The van der Waals surface area contributed by atoms with Crippen molar-refractivity contribution in [2.45, 2.75) is 51.7 Å². The van der Waals surface area contributed by atoms with Gasteiger partial charge in [0.1, 0.15) is 15.1 Å². The third-order valence-electron chi connectivity index (χ3n) is 5.07. The lowest BCUT2D eigenvalue weighted by Crippen LogP contribution is -2.37. The van der Waals surface area contributed by atoms with Crippen LogP contribution in [0.1, 0.15) is 45.4 Å². The molecule has 4 rings (SSSR count). The molecule has 1 aromatic rings. The predicted molar refractivity (Wildman–Crippen MR) is 95.2 cm³/mol. The molecule has 2 aliphatic carbocycles. The van der Waals surface area contributed by atoms with E-state index in [1.165, 1.54) is 18.7 Å². The van der Waals surface area contributed by atoms with Gasteiger partial charge in [0.2, 0.25) is 0 Å². The number of hydrogen-bond donors (Lipinski definition) is 0. The van der Waals surface area contributed by atoms with Gasteiger partial charge in [0.15, 0.2) is 0 Å². The number of likely N-dealkylation sites (tertiary alicyclic amines) is 1. The molecule has 3 aliphatic rings. The summed E-state index contributed by atoms with van der Waals surface area (Å²) in [5.41, 5.74) is -0.417. The standard InChI is InChI=1S/C17H24IN3O2/c1-17(2,3)23-16(22)21-7-11-12(8-21)14(11)15-19-13(18)9-20(15)6-10-4-5-10/h9-12,14H,4-8H2,1-3H3. The highest BCUT2D eigenvalue weighted by atomic mass is 127. The number of carbonyl (C=O) groups excluding carboxylic acids is 1. The zero-order chi connectivity index (χ0) is 16.4. The van der Waals surface area contributed by atoms with E-state index in [2.05, 4.69) is 33.4 Å². The van der Waals surface area contributed by atoms with Crippen LogP contribution in [0.3, 0.4) is 0 Å². The van der Waals surface area contributed by atoms with Crippen molar-refractivity contribution in [1.82, 2.24) is 14.5 Å². The zero-order valence-electron chi connectivity index (χ0n) is 14.0. The molecule has 0 spiro atoms. The summed E-state index contributed by atoms with van der Waals surface area (Å²) in [5, 5.41) is 0. The Morgan fingerprint density at radius 1 is 1.35 bits per heavy atom. The van der Waals surface area contributed by atoms with Gasteiger partial charge in [-0.15, -0.1) is 0 Å². The van der Waals surface area contributed by atoms with Gasteiger partial charge < -0.3 is 14.2 Å². The first-order chi connectivity index (χ1) is 10.8. The van der Waals surface area contributed by atoms with E-state index in [1.54, 1.807) is 0 Å². The van der Waals surface area contributed by atoms with Crippen LogP contribution in [0.5, 0.6) is 0 Å². The van der Waals surface area contributed by atoms with Crippen LogP contribution >= 0.6 is 22.6 Å². The highest BCUT2D eigenvalue weighted by Gasteiger charge is 2.59. The number of hydrogen-bond acceptors (Lipinski definition) is 3. The monoisotopic (exact) mass is 429 g/mol. The molecule has 2 unspecified atom stereocenters. The Balaban J connectivity index is 1.40. The Bertz CT molecular complexity index is 620. The van der Waals surface area contributed by atoms with Gasteiger partial charge in [0.25, 0.3) is 0 Å². The number of aromatic nitrogens is 2. The van der Waals surface area contributed by atoms with Crippen LogP contribution in [-0.2, 0) is 11.3 Å². The van der Waals surface area contributed by atoms with Gasteiger partial charge in [-0.2, -0.15) is 0 Å². The van der Waals surface area contributed by atoms with Crippen molar-refractivity contribution >= 4 is 28.7 Å². The number of fused-ring (bicyclic) bond motifs is 1. The quantitative estimate of drug-likeness (QED) is 0.692. The number of ether oxygens (including phenoxy) is 1. The molecule has 0 radical (unpaired) electrons. The van der Waals surface area contributed by atoms with E-state index < -0.39 is 5.60 Å². The average molecular weight is 429 g/mol. The SMILES string of the molecule is CC(C)(C)OC(=O)N1CC2C(C1)C2c1nc(I)cn1CC1CC1. The molecule has 1 amide bonds. The maximum Gasteiger partial charge on any atom is 0.410 e.